The van der Waals surface area contributed by atoms with Crippen LogP contribution in [0.4, 0.5) is 4.39 Å². The Balaban J connectivity index is 2.49. The van der Waals surface area contributed by atoms with Gasteiger partial charge in [0.2, 0.25) is 0 Å². The number of benzene rings is 1. The normalized spacial score (nSPS) is 12.9. The molecule has 0 radical (unpaired) electrons. The third kappa shape index (κ3) is 3.90. The Morgan fingerprint density at radius 1 is 1.38 bits per heavy atom. The molecule has 0 saturated carbocycles. The van der Waals surface area contributed by atoms with Crippen LogP contribution in [0.1, 0.15) is 48.0 Å². The molecular weight excluding hydrogens is 351 g/mol. The molecule has 1 heterocycles. The SMILES string of the molecule is CCc1nc(C(NC(C)C)c2cc(F)ccc2Br)sc1C. The summed E-state index contributed by atoms with van der Waals surface area (Å²) in [6.45, 7) is 8.37. The van der Waals surface area contributed by atoms with Crippen LogP contribution in [0.15, 0.2) is 22.7 Å². The number of nitrogens with one attached hydrogen (secondary N) is 1. The third-order valence-electron chi connectivity index (χ3n) is 3.26. The molecule has 0 fully saturated rings. The number of aryl methyl sites for hydroxylation is 2. The van der Waals surface area contributed by atoms with Gasteiger partial charge < -0.3 is 5.32 Å². The molecule has 5 heteroatoms. The van der Waals surface area contributed by atoms with Crippen molar-refractivity contribution in [2.24, 2.45) is 0 Å². The summed E-state index contributed by atoms with van der Waals surface area (Å²) >= 11 is 5.21. The highest BCUT2D eigenvalue weighted by Crippen LogP contribution is 2.33. The van der Waals surface area contributed by atoms with Crippen molar-refractivity contribution in [3.8, 4) is 0 Å². The van der Waals surface area contributed by atoms with Gasteiger partial charge in [-0.1, -0.05) is 22.9 Å². The van der Waals surface area contributed by atoms with Crippen molar-refractivity contribution in [1.82, 2.24) is 10.3 Å². The Hall–Kier alpha value is -0.780. The lowest BCUT2D eigenvalue weighted by molar-refractivity contribution is 0.521. The molecule has 1 unspecified atom stereocenters. The first-order valence-corrected chi connectivity index (χ1v) is 8.70. The largest absolute Gasteiger partial charge is 0.302 e. The van der Waals surface area contributed by atoms with Crippen LogP contribution in [0.5, 0.6) is 0 Å². The van der Waals surface area contributed by atoms with Gasteiger partial charge in [-0.3, -0.25) is 0 Å². The fourth-order valence-corrected chi connectivity index (χ4v) is 3.83. The monoisotopic (exact) mass is 370 g/mol. The highest BCUT2D eigenvalue weighted by atomic mass is 79.9. The highest BCUT2D eigenvalue weighted by Gasteiger charge is 2.22. The first-order chi connectivity index (χ1) is 9.92. The maximum Gasteiger partial charge on any atom is 0.123 e. The van der Waals surface area contributed by atoms with E-state index >= 15 is 0 Å². The van der Waals surface area contributed by atoms with Crippen LogP contribution >= 0.6 is 27.3 Å². The van der Waals surface area contributed by atoms with Crippen molar-refractivity contribution < 1.29 is 4.39 Å². The average molecular weight is 371 g/mol. The summed E-state index contributed by atoms with van der Waals surface area (Å²) in [6, 6.07) is 4.97. The van der Waals surface area contributed by atoms with Gasteiger partial charge in [-0.25, -0.2) is 9.37 Å². The summed E-state index contributed by atoms with van der Waals surface area (Å²) in [5.74, 6) is -0.229. The van der Waals surface area contributed by atoms with E-state index in [-0.39, 0.29) is 17.9 Å². The van der Waals surface area contributed by atoms with E-state index in [4.69, 9.17) is 4.98 Å². The molecule has 0 aliphatic carbocycles. The maximum atomic E-state index is 13.6. The van der Waals surface area contributed by atoms with Gasteiger partial charge in [0.1, 0.15) is 10.8 Å². The van der Waals surface area contributed by atoms with Crippen LogP contribution < -0.4 is 5.32 Å². The molecule has 1 aromatic heterocycles. The van der Waals surface area contributed by atoms with E-state index in [1.54, 1.807) is 23.5 Å². The minimum atomic E-state index is -0.229. The number of hydrogen-bond donors (Lipinski definition) is 1. The number of hydrogen-bond acceptors (Lipinski definition) is 3. The van der Waals surface area contributed by atoms with Crippen LogP contribution in [0.3, 0.4) is 0 Å². The molecular formula is C16H20BrFN2S. The van der Waals surface area contributed by atoms with E-state index in [0.29, 0.717) is 0 Å². The van der Waals surface area contributed by atoms with Gasteiger partial charge in [-0.15, -0.1) is 11.3 Å². The molecule has 0 spiro atoms. The number of rotatable bonds is 5. The topological polar surface area (TPSA) is 24.9 Å². The quantitative estimate of drug-likeness (QED) is 0.800. The van der Waals surface area contributed by atoms with Gasteiger partial charge in [-0.2, -0.15) is 0 Å². The van der Waals surface area contributed by atoms with E-state index < -0.39 is 0 Å². The number of halogens is 2. The lowest BCUT2D eigenvalue weighted by Crippen LogP contribution is -2.29. The highest BCUT2D eigenvalue weighted by molar-refractivity contribution is 9.10. The molecule has 0 amide bonds. The van der Waals surface area contributed by atoms with Crippen molar-refractivity contribution in [2.45, 2.75) is 46.2 Å². The first-order valence-electron chi connectivity index (χ1n) is 7.09. The second-order valence-corrected chi connectivity index (χ2v) is 7.42. The fraction of sp³-hybridized carbons (Fsp3) is 0.438. The summed E-state index contributed by atoms with van der Waals surface area (Å²) in [5, 5.41) is 4.49. The predicted octanol–water partition coefficient (Wildman–Crippen LogP) is 5.00. The van der Waals surface area contributed by atoms with Gasteiger partial charge in [-0.05, 0) is 51.0 Å². The van der Waals surface area contributed by atoms with Crippen LogP contribution in [-0.4, -0.2) is 11.0 Å². The minimum Gasteiger partial charge on any atom is -0.302 e. The van der Waals surface area contributed by atoms with Crippen LogP contribution in [0.25, 0.3) is 0 Å². The van der Waals surface area contributed by atoms with Crippen LogP contribution in [0.2, 0.25) is 0 Å². The molecule has 1 aromatic carbocycles. The Bertz CT molecular complexity index is 625. The zero-order chi connectivity index (χ0) is 15.6. The Morgan fingerprint density at radius 3 is 2.67 bits per heavy atom. The van der Waals surface area contributed by atoms with Crippen molar-refractivity contribution in [3.63, 3.8) is 0 Å². The third-order valence-corrected chi connectivity index (χ3v) is 5.06. The molecule has 0 saturated heterocycles. The molecule has 1 atom stereocenters. The van der Waals surface area contributed by atoms with E-state index in [1.165, 1.54) is 10.9 Å². The van der Waals surface area contributed by atoms with E-state index in [2.05, 4.69) is 48.9 Å². The summed E-state index contributed by atoms with van der Waals surface area (Å²) in [6.07, 6.45) is 0.918. The Labute approximate surface area is 137 Å². The van der Waals surface area contributed by atoms with E-state index in [0.717, 1.165) is 27.2 Å². The standard InChI is InChI=1S/C16H20BrFN2S/c1-5-14-10(4)21-16(20-14)15(19-9(2)3)12-8-11(18)6-7-13(12)17/h6-9,15,19H,5H2,1-4H3. The van der Waals surface area contributed by atoms with Gasteiger partial charge in [0.25, 0.3) is 0 Å². The van der Waals surface area contributed by atoms with Crippen molar-refractivity contribution in [3.05, 3.63) is 49.6 Å². The van der Waals surface area contributed by atoms with Gasteiger partial charge >= 0.3 is 0 Å². The molecule has 21 heavy (non-hydrogen) atoms. The zero-order valence-corrected chi connectivity index (χ0v) is 15.1. The molecule has 0 aliphatic rings. The Morgan fingerprint density at radius 2 is 2.10 bits per heavy atom. The number of thiazole rings is 1. The molecule has 2 nitrogen and oxygen atoms in total. The van der Waals surface area contributed by atoms with Crippen LogP contribution in [-0.2, 0) is 6.42 Å². The lowest BCUT2D eigenvalue weighted by Gasteiger charge is -2.21. The summed E-state index contributed by atoms with van der Waals surface area (Å²) < 4.78 is 14.5. The number of nitrogens with zero attached hydrogens (tertiary/aromatic N) is 1. The lowest BCUT2D eigenvalue weighted by atomic mass is 10.1. The van der Waals surface area contributed by atoms with Gasteiger partial charge in [0.05, 0.1) is 11.7 Å². The first kappa shape index (κ1) is 16.6. The molecule has 2 rings (SSSR count). The fourth-order valence-electron chi connectivity index (χ4n) is 2.27. The van der Waals surface area contributed by atoms with Crippen molar-refractivity contribution >= 4 is 27.3 Å². The van der Waals surface area contributed by atoms with Crippen molar-refractivity contribution in [2.75, 3.05) is 0 Å². The molecule has 1 N–H and O–H groups in total. The summed E-state index contributed by atoms with van der Waals surface area (Å²) in [4.78, 5) is 5.97. The summed E-state index contributed by atoms with van der Waals surface area (Å²) in [7, 11) is 0. The average Bonchev–Trinajstić information content (AvgIpc) is 2.80. The van der Waals surface area contributed by atoms with E-state index in [1.807, 2.05) is 0 Å². The second kappa shape index (κ2) is 6.99. The predicted molar refractivity (Wildman–Crippen MR) is 90.4 cm³/mol. The van der Waals surface area contributed by atoms with Crippen molar-refractivity contribution in [1.29, 1.82) is 0 Å². The van der Waals surface area contributed by atoms with Crippen LogP contribution in [0, 0.1) is 12.7 Å². The Kier molecular flexibility index (Phi) is 5.52. The van der Waals surface area contributed by atoms with Gasteiger partial charge in [0, 0.05) is 15.4 Å². The van der Waals surface area contributed by atoms with Gasteiger partial charge in [0.15, 0.2) is 0 Å². The zero-order valence-electron chi connectivity index (χ0n) is 12.7. The number of aromatic nitrogens is 1. The second-order valence-electron chi connectivity index (χ2n) is 5.33. The minimum absolute atomic E-state index is 0.0981. The maximum absolute atomic E-state index is 13.6. The molecule has 114 valence electrons. The van der Waals surface area contributed by atoms with E-state index in [9.17, 15) is 4.39 Å². The smallest absolute Gasteiger partial charge is 0.123 e. The molecule has 0 aliphatic heterocycles. The molecule has 2 aromatic rings. The summed E-state index contributed by atoms with van der Waals surface area (Å²) in [5.41, 5.74) is 2.01. The molecule has 0 bridgehead atoms.